The van der Waals surface area contributed by atoms with Crippen molar-refractivity contribution in [2.45, 2.75) is 25.7 Å². The highest BCUT2D eigenvalue weighted by atomic mass is 19.1. The topological polar surface area (TPSA) is 69.0 Å². The monoisotopic (exact) mass is 411 g/mol. The van der Waals surface area contributed by atoms with Gasteiger partial charge in [-0.15, -0.1) is 0 Å². The van der Waals surface area contributed by atoms with Gasteiger partial charge >= 0.3 is 0 Å². The molecule has 30 heavy (non-hydrogen) atoms. The zero-order chi connectivity index (χ0) is 20.9. The third-order valence-corrected chi connectivity index (χ3v) is 5.08. The molecule has 1 aliphatic heterocycles. The molecule has 0 aliphatic carbocycles. The van der Waals surface area contributed by atoms with Crippen LogP contribution in [0.5, 0.6) is 17.2 Å². The number of carbonyl (C=O) groups is 1. The molecule has 0 atom stereocenters. The first kappa shape index (κ1) is 19.9. The predicted octanol–water partition coefficient (Wildman–Crippen LogP) is 4.51. The lowest BCUT2D eigenvalue weighted by Gasteiger charge is -2.20. The Bertz CT molecular complexity index is 1080. The number of likely N-dealkylation sites (tertiary alicyclic amines) is 1. The minimum atomic E-state index is -0.394. The van der Waals surface area contributed by atoms with Gasteiger partial charge in [-0.05, 0) is 49.2 Å². The number of benzene rings is 2. The number of amides is 1. The molecule has 0 spiro atoms. The summed E-state index contributed by atoms with van der Waals surface area (Å²) in [4.78, 5) is 26.9. The summed E-state index contributed by atoms with van der Waals surface area (Å²) in [6, 6.07) is 10.1. The summed E-state index contributed by atoms with van der Waals surface area (Å²) in [5.41, 5.74) is -0.0288. The molecule has 0 bridgehead atoms. The van der Waals surface area contributed by atoms with Crippen LogP contribution in [0.4, 0.5) is 4.39 Å². The van der Waals surface area contributed by atoms with E-state index < -0.39 is 5.82 Å². The minimum absolute atomic E-state index is 0.000817. The maximum atomic E-state index is 13.0. The fourth-order valence-electron chi connectivity index (χ4n) is 3.44. The zero-order valence-corrected chi connectivity index (χ0v) is 16.4. The molecule has 6 nitrogen and oxygen atoms in total. The normalized spacial score (nSPS) is 14.4. The molecular formula is C23H22FNO5. The maximum Gasteiger partial charge on any atom is 0.260 e. The fraction of sp³-hybridized carbons (Fsp3) is 0.304. The third-order valence-electron chi connectivity index (χ3n) is 5.08. The van der Waals surface area contributed by atoms with E-state index >= 15 is 0 Å². The number of nitrogens with zero attached hydrogens (tertiary/aromatic N) is 1. The molecule has 1 aliphatic rings. The Morgan fingerprint density at radius 2 is 1.70 bits per heavy atom. The predicted molar refractivity (Wildman–Crippen MR) is 110 cm³/mol. The number of fused-ring (bicyclic) bond motifs is 1. The Hall–Kier alpha value is -3.35. The molecule has 0 saturated carbocycles. The third kappa shape index (κ3) is 4.62. The largest absolute Gasteiger partial charge is 0.484 e. The minimum Gasteiger partial charge on any atom is -0.484 e. The van der Waals surface area contributed by atoms with Gasteiger partial charge in [-0.2, -0.15) is 0 Å². The summed E-state index contributed by atoms with van der Waals surface area (Å²) in [5.74, 6) is 0.339. The van der Waals surface area contributed by atoms with E-state index in [0.29, 0.717) is 22.5 Å². The Labute approximate surface area is 172 Å². The van der Waals surface area contributed by atoms with Gasteiger partial charge in [-0.25, -0.2) is 4.39 Å². The summed E-state index contributed by atoms with van der Waals surface area (Å²) in [7, 11) is 0. The Balaban J connectivity index is 1.46. The van der Waals surface area contributed by atoms with Crippen molar-refractivity contribution in [1.29, 1.82) is 0 Å². The molecule has 0 N–H and O–H groups in total. The fourth-order valence-corrected chi connectivity index (χ4v) is 3.44. The van der Waals surface area contributed by atoms with E-state index in [-0.39, 0.29) is 23.7 Å². The van der Waals surface area contributed by atoms with Gasteiger partial charge in [0.2, 0.25) is 11.2 Å². The highest BCUT2D eigenvalue weighted by Gasteiger charge is 2.16. The van der Waals surface area contributed by atoms with Crippen molar-refractivity contribution < 1.29 is 23.1 Å². The van der Waals surface area contributed by atoms with Crippen LogP contribution in [0.3, 0.4) is 0 Å². The standard InChI is InChI=1S/C23H22FNO5/c24-16-5-7-17(8-6-16)30-21-14-29-20-13-18(9-10-19(20)23(21)27)28-15-22(26)25-11-3-1-2-4-12-25/h5-10,13-14H,1-4,11-12,15H2. The van der Waals surface area contributed by atoms with Crippen LogP contribution in [-0.4, -0.2) is 30.5 Å². The van der Waals surface area contributed by atoms with Crippen molar-refractivity contribution in [3.05, 3.63) is 64.8 Å². The van der Waals surface area contributed by atoms with E-state index in [1.54, 1.807) is 18.2 Å². The van der Waals surface area contributed by atoms with Gasteiger partial charge in [0.15, 0.2) is 6.61 Å². The average Bonchev–Trinajstić information content (AvgIpc) is 3.05. The second-order valence-electron chi connectivity index (χ2n) is 7.23. The van der Waals surface area contributed by atoms with Crippen molar-refractivity contribution in [2.24, 2.45) is 0 Å². The molecule has 156 valence electrons. The number of hydrogen-bond donors (Lipinski definition) is 0. The van der Waals surface area contributed by atoms with E-state index in [2.05, 4.69) is 0 Å². The number of carbonyl (C=O) groups excluding carboxylic acids is 1. The number of hydrogen-bond acceptors (Lipinski definition) is 5. The summed E-state index contributed by atoms with van der Waals surface area (Å²) < 4.78 is 29.7. The van der Waals surface area contributed by atoms with Crippen LogP contribution in [0.2, 0.25) is 0 Å². The van der Waals surface area contributed by atoms with Crippen molar-refractivity contribution in [2.75, 3.05) is 19.7 Å². The van der Waals surface area contributed by atoms with E-state index in [0.717, 1.165) is 38.8 Å². The van der Waals surface area contributed by atoms with Crippen molar-refractivity contribution in [3.8, 4) is 17.2 Å². The van der Waals surface area contributed by atoms with Gasteiger partial charge < -0.3 is 18.8 Å². The zero-order valence-electron chi connectivity index (χ0n) is 16.4. The summed E-state index contributed by atoms with van der Waals surface area (Å²) in [6.07, 6.45) is 5.56. The van der Waals surface area contributed by atoms with Gasteiger partial charge in [0.25, 0.3) is 5.91 Å². The Morgan fingerprint density at radius 3 is 2.43 bits per heavy atom. The summed E-state index contributed by atoms with van der Waals surface area (Å²) >= 11 is 0. The second-order valence-corrected chi connectivity index (χ2v) is 7.23. The van der Waals surface area contributed by atoms with Crippen LogP contribution < -0.4 is 14.9 Å². The average molecular weight is 411 g/mol. The lowest BCUT2D eigenvalue weighted by molar-refractivity contribution is -0.133. The molecule has 0 unspecified atom stereocenters. The van der Waals surface area contributed by atoms with Gasteiger partial charge in [0.05, 0.1) is 5.39 Å². The van der Waals surface area contributed by atoms with E-state index in [4.69, 9.17) is 13.9 Å². The Kier molecular flexibility index (Phi) is 5.97. The van der Waals surface area contributed by atoms with Gasteiger partial charge in [0.1, 0.15) is 29.2 Å². The Morgan fingerprint density at radius 1 is 1.00 bits per heavy atom. The number of ether oxygens (including phenoxy) is 2. The molecule has 1 aromatic heterocycles. The molecule has 7 heteroatoms. The van der Waals surface area contributed by atoms with Gasteiger partial charge in [-0.3, -0.25) is 9.59 Å². The lowest BCUT2D eigenvalue weighted by Crippen LogP contribution is -2.35. The molecule has 3 aromatic rings. The van der Waals surface area contributed by atoms with Crippen LogP contribution in [0.25, 0.3) is 11.0 Å². The molecule has 2 heterocycles. The van der Waals surface area contributed by atoms with Crippen LogP contribution in [-0.2, 0) is 4.79 Å². The SMILES string of the molecule is O=C(COc1ccc2c(=O)c(Oc3ccc(F)cc3)coc2c1)N1CCCCCC1. The maximum absolute atomic E-state index is 13.0. The summed E-state index contributed by atoms with van der Waals surface area (Å²) in [5, 5.41) is 0.320. The second kappa shape index (κ2) is 8.98. The van der Waals surface area contributed by atoms with Gasteiger partial charge in [-0.1, -0.05) is 12.8 Å². The van der Waals surface area contributed by atoms with Crippen LogP contribution in [0.1, 0.15) is 25.7 Å². The first-order valence-corrected chi connectivity index (χ1v) is 10.00. The van der Waals surface area contributed by atoms with E-state index in [1.165, 1.54) is 30.5 Å². The van der Waals surface area contributed by atoms with E-state index in [1.807, 2.05) is 4.90 Å². The molecular weight excluding hydrogens is 389 g/mol. The molecule has 4 rings (SSSR count). The molecule has 1 fully saturated rings. The van der Waals surface area contributed by atoms with Crippen LogP contribution >= 0.6 is 0 Å². The van der Waals surface area contributed by atoms with E-state index in [9.17, 15) is 14.0 Å². The van der Waals surface area contributed by atoms with Crippen LogP contribution in [0, 0.1) is 5.82 Å². The molecule has 1 saturated heterocycles. The number of rotatable bonds is 5. The van der Waals surface area contributed by atoms with Crippen molar-refractivity contribution >= 4 is 16.9 Å². The molecule has 2 aromatic carbocycles. The van der Waals surface area contributed by atoms with Crippen LogP contribution in [0.15, 0.2) is 57.9 Å². The highest BCUT2D eigenvalue weighted by molar-refractivity contribution is 5.80. The molecule has 0 radical (unpaired) electrons. The summed E-state index contributed by atoms with van der Waals surface area (Å²) in [6.45, 7) is 1.48. The van der Waals surface area contributed by atoms with Crippen molar-refractivity contribution in [3.63, 3.8) is 0 Å². The smallest absolute Gasteiger partial charge is 0.260 e. The first-order chi connectivity index (χ1) is 14.6. The van der Waals surface area contributed by atoms with Crippen molar-refractivity contribution in [1.82, 2.24) is 4.90 Å². The highest BCUT2D eigenvalue weighted by Crippen LogP contribution is 2.24. The lowest BCUT2D eigenvalue weighted by atomic mass is 10.2. The first-order valence-electron chi connectivity index (χ1n) is 10.00. The van der Waals surface area contributed by atoms with Gasteiger partial charge in [0, 0.05) is 19.2 Å². The number of halogens is 1. The molecule has 1 amide bonds. The quantitative estimate of drug-likeness (QED) is 0.618.